The maximum atomic E-state index is 14.4. The topological polar surface area (TPSA) is 61.4 Å². The van der Waals surface area contributed by atoms with E-state index in [9.17, 15) is 13.6 Å². The molecule has 0 bridgehead atoms. The summed E-state index contributed by atoms with van der Waals surface area (Å²) >= 11 is 1.06. The summed E-state index contributed by atoms with van der Waals surface area (Å²) in [4.78, 5) is 17.2. The summed E-state index contributed by atoms with van der Waals surface area (Å²) in [6.07, 6.45) is 0. The Bertz CT molecular complexity index is 1050. The zero-order valence-corrected chi connectivity index (χ0v) is 16.1. The lowest BCUT2D eigenvalue weighted by Gasteiger charge is -2.06. The van der Waals surface area contributed by atoms with Crippen LogP contribution in [0.15, 0.2) is 23.2 Å². The SMILES string of the molecule is CCOCCn1c(=NC(=O)c2cc(C)nn2CC)sc2cc(F)cc(F)c21. The van der Waals surface area contributed by atoms with Crippen LogP contribution < -0.4 is 4.80 Å². The second-order valence-corrected chi connectivity index (χ2v) is 6.88. The normalized spacial score (nSPS) is 12.3. The van der Waals surface area contributed by atoms with Crippen LogP contribution >= 0.6 is 11.3 Å². The van der Waals surface area contributed by atoms with Crippen LogP contribution in [0.1, 0.15) is 30.0 Å². The highest BCUT2D eigenvalue weighted by Crippen LogP contribution is 2.22. The zero-order valence-electron chi connectivity index (χ0n) is 15.3. The Morgan fingerprint density at radius 1 is 1.30 bits per heavy atom. The summed E-state index contributed by atoms with van der Waals surface area (Å²) in [5.41, 5.74) is 1.28. The Morgan fingerprint density at radius 3 is 2.78 bits per heavy atom. The molecular formula is C18H20F2N4O2S. The molecule has 0 N–H and O–H groups in total. The van der Waals surface area contributed by atoms with Crippen molar-refractivity contribution in [3.63, 3.8) is 0 Å². The smallest absolute Gasteiger partial charge is 0.297 e. The Balaban J connectivity index is 2.13. The summed E-state index contributed by atoms with van der Waals surface area (Å²) in [5, 5.41) is 4.25. The van der Waals surface area contributed by atoms with Crippen LogP contribution in [-0.4, -0.2) is 33.5 Å². The number of aryl methyl sites for hydroxylation is 2. The first-order valence-electron chi connectivity index (χ1n) is 8.64. The van der Waals surface area contributed by atoms with Crippen LogP contribution in [0.5, 0.6) is 0 Å². The van der Waals surface area contributed by atoms with Crippen molar-refractivity contribution in [1.29, 1.82) is 0 Å². The molecule has 0 saturated heterocycles. The molecule has 3 rings (SSSR count). The largest absolute Gasteiger partial charge is 0.380 e. The molecule has 0 atom stereocenters. The minimum Gasteiger partial charge on any atom is -0.380 e. The van der Waals surface area contributed by atoms with Crippen molar-refractivity contribution in [2.75, 3.05) is 13.2 Å². The van der Waals surface area contributed by atoms with Gasteiger partial charge in [-0.1, -0.05) is 11.3 Å². The van der Waals surface area contributed by atoms with E-state index in [1.54, 1.807) is 22.2 Å². The second kappa shape index (κ2) is 8.10. The molecule has 1 aromatic carbocycles. The summed E-state index contributed by atoms with van der Waals surface area (Å²) in [6, 6.07) is 3.73. The van der Waals surface area contributed by atoms with Gasteiger partial charge in [-0.3, -0.25) is 9.48 Å². The number of hydrogen-bond acceptors (Lipinski definition) is 4. The summed E-state index contributed by atoms with van der Waals surface area (Å²) in [5.74, 6) is -1.84. The molecule has 0 saturated carbocycles. The van der Waals surface area contributed by atoms with Crippen LogP contribution in [-0.2, 0) is 17.8 Å². The molecule has 0 aliphatic carbocycles. The van der Waals surface area contributed by atoms with Gasteiger partial charge < -0.3 is 9.30 Å². The van der Waals surface area contributed by atoms with E-state index in [1.165, 1.54) is 6.07 Å². The number of aromatic nitrogens is 3. The van der Waals surface area contributed by atoms with E-state index in [0.29, 0.717) is 47.2 Å². The van der Waals surface area contributed by atoms with Crippen LogP contribution in [0.3, 0.4) is 0 Å². The molecule has 144 valence electrons. The maximum absolute atomic E-state index is 14.4. The molecule has 2 aromatic heterocycles. The van der Waals surface area contributed by atoms with Gasteiger partial charge in [-0.15, -0.1) is 0 Å². The highest BCUT2D eigenvalue weighted by Gasteiger charge is 2.16. The minimum atomic E-state index is -0.693. The van der Waals surface area contributed by atoms with Crippen LogP contribution in [0, 0.1) is 18.6 Å². The third-order valence-electron chi connectivity index (χ3n) is 3.98. The molecule has 0 spiro atoms. The van der Waals surface area contributed by atoms with Crippen LogP contribution in [0.4, 0.5) is 8.78 Å². The predicted molar refractivity (Wildman–Crippen MR) is 98.8 cm³/mol. The predicted octanol–water partition coefficient (Wildman–Crippen LogP) is 3.28. The van der Waals surface area contributed by atoms with E-state index >= 15 is 0 Å². The molecule has 6 nitrogen and oxygen atoms in total. The first-order valence-corrected chi connectivity index (χ1v) is 9.45. The molecule has 2 heterocycles. The van der Waals surface area contributed by atoms with Gasteiger partial charge in [0.05, 0.1) is 22.5 Å². The highest BCUT2D eigenvalue weighted by atomic mass is 32.1. The number of rotatable bonds is 6. The quantitative estimate of drug-likeness (QED) is 0.603. The van der Waals surface area contributed by atoms with Crippen LogP contribution in [0.2, 0.25) is 0 Å². The van der Waals surface area contributed by atoms with Gasteiger partial charge in [-0.25, -0.2) is 8.78 Å². The van der Waals surface area contributed by atoms with E-state index < -0.39 is 17.5 Å². The lowest BCUT2D eigenvalue weighted by Crippen LogP contribution is -2.21. The van der Waals surface area contributed by atoms with E-state index in [0.717, 1.165) is 17.4 Å². The molecule has 0 unspecified atom stereocenters. The fourth-order valence-electron chi connectivity index (χ4n) is 2.82. The van der Waals surface area contributed by atoms with Crippen molar-refractivity contribution in [3.05, 3.63) is 46.0 Å². The second-order valence-electron chi connectivity index (χ2n) is 5.87. The Labute approximate surface area is 158 Å². The number of nitrogens with zero attached hydrogens (tertiary/aromatic N) is 4. The van der Waals surface area contributed by atoms with Crippen molar-refractivity contribution in [2.45, 2.75) is 33.9 Å². The van der Waals surface area contributed by atoms with Gasteiger partial charge in [0.1, 0.15) is 11.5 Å². The molecule has 0 fully saturated rings. The number of halogens is 2. The molecule has 9 heteroatoms. The molecule has 0 radical (unpaired) electrons. The summed E-state index contributed by atoms with van der Waals surface area (Å²) < 4.78 is 36.8. The number of carbonyl (C=O) groups is 1. The third kappa shape index (κ3) is 3.98. The third-order valence-corrected chi connectivity index (χ3v) is 5.00. The monoisotopic (exact) mass is 394 g/mol. The highest BCUT2D eigenvalue weighted by molar-refractivity contribution is 7.16. The number of thiazole rings is 1. The van der Waals surface area contributed by atoms with E-state index in [2.05, 4.69) is 10.1 Å². The molecular weight excluding hydrogens is 374 g/mol. The standard InChI is InChI=1S/C18H20F2N4O2S/c1-4-24-14(8-11(3)22-24)17(25)21-18-23(6-7-26-5-2)16-13(20)9-12(19)10-15(16)27-18/h8-10H,4-7H2,1-3H3. The fourth-order valence-corrected chi connectivity index (χ4v) is 3.92. The van der Waals surface area contributed by atoms with Crippen molar-refractivity contribution >= 4 is 27.5 Å². The van der Waals surface area contributed by atoms with E-state index in [4.69, 9.17) is 4.74 Å². The average molecular weight is 394 g/mol. The summed E-state index contributed by atoms with van der Waals surface area (Å²) in [7, 11) is 0. The Kier molecular flexibility index (Phi) is 5.81. The van der Waals surface area contributed by atoms with Gasteiger partial charge in [0.15, 0.2) is 10.6 Å². The lowest BCUT2D eigenvalue weighted by molar-refractivity contribution is 0.0986. The van der Waals surface area contributed by atoms with Crippen LogP contribution in [0.25, 0.3) is 10.2 Å². The van der Waals surface area contributed by atoms with Gasteiger partial charge in [-0.05, 0) is 32.9 Å². The lowest BCUT2D eigenvalue weighted by atomic mass is 10.3. The van der Waals surface area contributed by atoms with Crippen molar-refractivity contribution in [1.82, 2.24) is 14.3 Å². The van der Waals surface area contributed by atoms with E-state index in [-0.39, 0.29) is 5.52 Å². The van der Waals surface area contributed by atoms with Crippen molar-refractivity contribution in [2.24, 2.45) is 4.99 Å². The molecule has 0 aliphatic heterocycles. The van der Waals surface area contributed by atoms with E-state index in [1.807, 2.05) is 13.8 Å². The number of fused-ring (bicyclic) bond motifs is 1. The van der Waals surface area contributed by atoms with Gasteiger partial charge in [0.25, 0.3) is 5.91 Å². The zero-order chi connectivity index (χ0) is 19.6. The number of ether oxygens (including phenoxy) is 1. The molecule has 27 heavy (non-hydrogen) atoms. The van der Waals surface area contributed by atoms with Crippen molar-refractivity contribution in [3.8, 4) is 0 Å². The first-order chi connectivity index (χ1) is 12.9. The number of amides is 1. The number of benzene rings is 1. The maximum Gasteiger partial charge on any atom is 0.297 e. The molecule has 3 aromatic rings. The van der Waals surface area contributed by atoms with Gasteiger partial charge in [0.2, 0.25) is 0 Å². The Morgan fingerprint density at radius 2 is 2.07 bits per heavy atom. The van der Waals surface area contributed by atoms with Gasteiger partial charge >= 0.3 is 0 Å². The average Bonchev–Trinajstić information content (AvgIpc) is 3.15. The van der Waals surface area contributed by atoms with Gasteiger partial charge in [0, 0.05) is 25.8 Å². The number of carbonyl (C=O) groups excluding carboxylic acids is 1. The molecule has 0 aliphatic rings. The fraction of sp³-hybridized carbons (Fsp3) is 0.389. The summed E-state index contributed by atoms with van der Waals surface area (Å²) in [6.45, 7) is 7.20. The van der Waals surface area contributed by atoms with Crippen molar-refractivity contribution < 1.29 is 18.3 Å². The molecule has 1 amide bonds. The number of hydrogen-bond donors (Lipinski definition) is 0. The Hall–Kier alpha value is -2.39. The minimum absolute atomic E-state index is 0.216. The first kappa shape index (κ1) is 19.4. The van der Waals surface area contributed by atoms with Gasteiger partial charge in [-0.2, -0.15) is 10.1 Å².